The summed E-state index contributed by atoms with van der Waals surface area (Å²) in [4.78, 5) is 12.3. The van der Waals surface area contributed by atoms with E-state index in [1.165, 1.54) is 0 Å². The molecule has 1 saturated heterocycles. The van der Waals surface area contributed by atoms with Gasteiger partial charge < -0.3 is 30.5 Å². The van der Waals surface area contributed by atoms with Crippen LogP contribution in [0.5, 0.6) is 0 Å². The van der Waals surface area contributed by atoms with E-state index >= 15 is 0 Å². The summed E-state index contributed by atoms with van der Waals surface area (Å²) in [5, 5.41) is 41.3. The van der Waals surface area contributed by atoms with Gasteiger partial charge in [-0.2, -0.15) is 0 Å². The van der Waals surface area contributed by atoms with E-state index in [0.29, 0.717) is 6.42 Å². The Balaban J connectivity index is 1.60. The second-order valence-corrected chi connectivity index (χ2v) is 6.12. The minimum absolute atomic E-state index is 0.130. The van der Waals surface area contributed by atoms with Crippen LogP contribution >= 0.6 is 0 Å². The Hall–Kier alpha value is -1.51. The lowest BCUT2D eigenvalue weighted by Gasteiger charge is -2.40. The molecule has 3 rings (SSSR count). The summed E-state index contributed by atoms with van der Waals surface area (Å²) in [5.74, 6) is -0.380. The maximum Gasteiger partial charge on any atom is 0.224 e. The van der Waals surface area contributed by atoms with Gasteiger partial charge in [-0.05, 0) is 17.9 Å². The molecule has 1 aliphatic carbocycles. The number of ether oxygens (including phenoxy) is 1. The first-order valence-corrected chi connectivity index (χ1v) is 7.68. The predicted octanol–water partition coefficient (Wildman–Crippen LogP) is -1.29. The summed E-state index contributed by atoms with van der Waals surface area (Å²) in [7, 11) is 0. The smallest absolute Gasteiger partial charge is 0.224 e. The molecule has 7 atom stereocenters. The topological polar surface area (TPSA) is 119 Å². The number of carbonyl (C=O) groups is 1. The molecular formula is C16H21NO6. The van der Waals surface area contributed by atoms with Gasteiger partial charge >= 0.3 is 0 Å². The molecule has 5 N–H and O–H groups in total. The molecule has 0 radical (unpaired) electrons. The highest BCUT2D eigenvalue weighted by Gasteiger charge is 2.48. The van der Waals surface area contributed by atoms with Crippen LogP contribution in [-0.4, -0.2) is 63.6 Å². The highest BCUT2D eigenvalue weighted by molar-refractivity contribution is 5.83. The molecule has 7 heteroatoms. The predicted molar refractivity (Wildman–Crippen MR) is 79.2 cm³/mol. The van der Waals surface area contributed by atoms with Crippen molar-refractivity contribution in [3.8, 4) is 0 Å². The Morgan fingerprint density at radius 3 is 2.52 bits per heavy atom. The van der Waals surface area contributed by atoms with Gasteiger partial charge in [0.15, 0.2) is 6.29 Å². The normalized spacial score (nSPS) is 39.7. The monoisotopic (exact) mass is 323 g/mol. The van der Waals surface area contributed by atoms with Crippen LogP contribution in [0.2, 0.25) is 0 Å². The van der Waals surface area contributed by atoms with Gasteiger partial charge in [0.2, 0.25) is 5.91 Å². The third-order valence-corrected chi connectivity index (χ3v) is 4.56. The molecule has 2 aliphatic rings. The summed E-state index contributed by atoms with van der Waals surface area (Å²) >= 11 is 0. The van der Waals surface area contributed by atoms with Crippen molar-refractivity contribution in [3.05, 3.63) is 35.9 Å². The molecule has 1 saturated carbocycles. The van der Waals surface area contributed by atoms with E-state index in [1.54, 1.807) is 0 Å². The number of aliphatic hydroxyl groups excluding tert-OH is 4. The SMILES string of the molecule is O=C(N[C@@H]1[C@@H](O)[C@H](O)[C@@H](CO)O[C@@H]1O)C1CC1c1ccccc1. The van der Waals surface area contributed by atoms with Crippen LogP contribution in [0.15, 0.2) is 30.3 Å². The van der Waals surface area contributed by atoms with Gasteiger partial charge in [0.1, 0.15) is 24.4 Å². The number of hydrogen-bond acceptors (Lipinski definition) is 6. The summed E-state index contributed by atoms with van der Waals surface area (Å²) in [6.45, 7) is -0.533. The lowest BCUT2D eigenvalue weighted by atomic mass is 9.97. The fraction of sp³-hybridized carbons (Fsp3) is 0.562. The third-order valence-electron chi connectivity index (χ3n) is 4.56. The van der Waals surface area contributed by atoms with Crippen molar-refractivity contribution in [3.63, 3.8) is 0 Å². The number of nitrogens with one attached hydrogen (secondary N) is 1. The van der Waals surface area contributed by atoms with Crippen LogP contribution < -0.4 is 5.32 Å². The average molecular weight is 323 g/mol. The van der Waals surface area contributed by atoms with Gasteiger partial charge in [-0.25, -0.2) is 0 Å². The summed E-state index contributed by atoms with van der Waals surface area (Å²) in [6.07, 6.45) is -4.64. The third kappa shape index (κ3) is 3.24. The van der Waals surface area contributed by atoms with Gasteiger partial charge in [0.25, 0.3) is 0 Å². The number of rotatable bonds is 4. The molecule has 2 unspecified atom stereocenters. The van der Waals surface area contributed by atoms with E-state index < -0.39 is 37.3 Å². The fourth-order valence-electron chi connectivity index (χ4n) is 3.08. The molecule has 1 heterocycles. The van der Waals surface area contributed by atoms with Crippen molar-refractivity contribution in [2.24, 2.45) is 5.92 Å². The van der Waals surface area contributed by atoms with E-state index in [0.717, 1.165) is 5.56 Å². The van der Waals surface area contributed by atoms with Crippen molar-refractivity contribution >= 4 is 5.91 Å². The zero-order chi connectivity index (χ0) is 16.6. The van der Waals surface area contributed by atoms with Crippen LogP contribution in [0, 0.1) is 5.92 Å². The molecule has 0 aromatic heterocycles. The van der Waals surface area contributed by atoms with E-state index in [4.69, 9.17) is 9.84 Å². The molecule has 2 fully saturated rings. The summed E-state index contributed by atoms with van der Waals surface area (Å²) in [5.41, 5.74) is 1.08. The number of carbonyl (C=O) groups excluding carboxylic acids is 1. The number of hydrogen-bond donors (Lipinski definition) is 5. The minimum atomic E-state index is -1.48. The van der Waals surface area contributed by atoms with Crippen molar-refractivity contribution in [1.82, 2.24) is 5.32 Å². The molecule has 1 aliphatic heterocycles. The van der Waals surface area contributed by atoms with Gasteiger partial charge in [-0.1, -0.05) is 30.3 Å². The largest absolute Gasteiger partial charge is 0.394 e. The standard InChI is InChI=1S/C16H21NO6/c18-7-11-13(19)14(20)12(16(22)23-11)17-15(21)10-6-9(10)8-4-2-1-3-5-8/h1-5,9-14,16,18-20,22H,6-7H2,(H,17,21)/t9?,10?,11-,12-,13-,14-,16+/m1/s1. The fourth-order valence-corrected chi connectivity index (χ4v) is 3.08. The first-order chi connectivity index (χ1) is 11.0. The average Bonchev–Trinajstić information content (AvgIpc) is 3.36. The molecule has 0 bridgehead atoms. The minimum Gasteiger partial charge on any atom is -0.394 e. The zero-order valence-electron chi connectivity index (χ0n) is 12.4. The van der Waals surface area contributed by atoms with Crippen LogP contribution in [0.1, 0.15) is 17.9 Å². The highest BCUT2D eigenvalue weighted by atomic mass is 16.6. The molecule has 7 nitrogen and oxygen atoms in total. The number of benzene rings is 1. The second-order valence-electron chi connectivity index (χ2n) is 6.12. The van der Waals surface area contributed by atoms with Gasteiger partial charge in [0, 0.05) is 5.92 Å². The number of amides is 1. The van der Waals surface area contributed by atoms with Crippen LogP contribution in [0.25, 0.3) is 0 Å². The van der Waals surface area contributed by atoms with E-state index in [2.05, 4.69) is 5.32 Å². The van der Waals surface area contributed by atoms with E-state index in [-0.39, 0.29) is 17.7 Å². The zero-order valence-corrected chi connectivity index (χ0v) is 12.4. The molecule has 1 aromatic rings. The van der Waals surface area contributed by atoms with Crippen molar-refractivity contribution in [2.75, 3.05) is 6.61 Å². The van der Waals surface area contributed by atoms with E-state index in [1.807, 2.05) is 30.3 Å². The van der Waals surface area contributed by atoms with Crippen LogP contribution in [0.4, 0.5) is 0 Å². The summed E-state index contributed by atoms with van der Waals surface area (Å²) < 4.78 is 5.02. The van der Waals surface area contributed by atoms with Crippen LogP contribution in [0.3, 0.4) is 0 Å². The first-order valence-electron chi connectivity index (χ1n) is 7.68. The molecule has 23 heavy (non-hydrogen) atoms. The highest BCUT2D eigenvalue weighted by Crippen LogP contribution is 2.47. The first kappa shape index (κ1) is 16.4. The maximum atomic E-state index is 12.3. The Morgan fingerprint density at radius 1 is 1.17 bits per heavy atom. The van der Waals surface area contributed by atoms with E-state index in [9.17, 15) is 20.1 Å². The molecule has 0 spiro atoms. The quantitative estimate of drug-likeness (QED) is 0.470. The molecule has 126 valence electrons. The molecular weight excluding hydrogens is 302 g/mol. The Labute approximate surface area is 133 Å². The Bertz CT molecular complexity index is 553. The lowest BCUT2D eigenvalue weighted by molar-refractivity contribution is -0.253. The number of aliphatic hydroxyl groups is 4. The second kappa shape index (κ2) is 6.54. The van der Waals surface area contributed by atoms with Gasteiger partial charge in [-0.15, -0.1) is 0 Å². The van der Waals surface area contributed by atoms with Gasteiger partial charge in [0.05, 0.1) is 6.61 Å². The van der Waals surface area contributed by atoms with Crippen molar-refractivity contribution in [2.45, 2.75) is 43.0 Å². The Morgan fingerprint density at radius 2 is 1.87 bits per heavy atom. The molecule has 1 aromatic carbocycles. The maximum absolute atomic E-state index is 12.3. The van der Waals surface area contributed by atoms with Crippen molar-refractivity contribution in [1.29, 1.82) is 0 Å². The van der Waals surface area contributed by atoms with Gasteiger partial charge in [-0.3, -0.25) is 4.79 Å². The Kier molecular flexibility index (Phi) is 4.65. The summed E-state index contributed by atoms with van der Waals surface area (Å²) in [6, 6.07) is 8.53. The molecule has 1 amide bonds. The lowest BCUT2D eigenvalue weighted by Crippen LogP contribution is -2.64. The van der Waals surface area contributed by atoms with Crippen LogP contribution in [-0.2, 0) is 9.53 Å². The van der Waals surface area contributed by atoms with Crippen molar-refractivity contribution < 1.29 is 30.0 Å².